The Morgan fingerprint density at radius 2 is 2.00 bits per heavy atom. The van der Waals surface area contributed by atoms with Crippen LogP contribution in [0.3, 0.4) is 0 Å². The summed E-state index contributed by atoms with van der Waals surface area (Å²) in [7, 11) is 0. The number of hydrogen-bond donors (Lipinski definition) is 1. The Bertz CT molecular complexity index is 325. The van der Waals surface area contributed by atoms with Crippen LogP contribution < -0.4 is 5.32 Å². The second-order valence-corrected chi connectivity index (χ2v) is 4.94. The van der Waals surface area contributed by atoms with Gasteiger partial charge in [-0.2, -0.15) is 0 Å². The van der Waals surface area contributed by atoms with Gasteiger partial charge in [-0.3, -0.25) is 0 Å². The molecule has 1 N–H and O–H groups in total. The lowest BCUT2D eigenvalue weighted by molar-refractivity contribution is 0.462. The molecule has 1 aromatic carbocycles. The Kier molecular flexibility index (Phi) is 7.66. The van der Waals surface area contributed by atoms with Crippen molar-refractivity contribution >= 4 is 0 Å². The molecule has 0 bridgehead atoms. The van der Waals surface area contributed by atoms with E-state index in [1.165, 1.54) is 38.2 Å². The lowest BCUT2D eigenvalue weighted by atomic mass is 10.00. The second-order valence-electron chi connectivity index (χ2n) is 4.94. The number of halogens is 1. The maximum atomic E-state index is 13.1. The van der Waals surface area contributed by atoms with Gasteiger partial charge in [-0.1, -0.05) is 51.7 Å². The highest BCUT2D eigenvalue weighted by Crippen LogP contribution is 2.12. The van der Waals surface area contributed by atoms with Crippen LogP contribution in [0.5, 0.6) is 0 Å². The highest BCUT2D eigenvalue weighted by atomic mass is 19.1. The average Bonchev–Trinajstić information content (AvgIpc) is 2.35. The van der Waals surface area contributed by atoms with E-state index in [2.05, 4.69) is 19.2 Å². The van der Waals surface area contributed by atoms with Gasteiger partial charge < -0.3 is 5.32 Å². The van der Waals surface area contributed by atoms with Crippen LogP contribution in [0, 0.1) is 5.82 Å². The lowest BCUT2D eigenvalue weighted by Gasteiger charge is -2.18. The van der Waals surface area contributed by atoms with Crippen molar-refractivity contribution in [3.05, 3.63) is 35.6 Å². The van der Waals surface area contributed by atoms with Crippen molar-refractivity contribution in [3.8, 4) is 0 Å². The summed E-state index contributed by atoms with van der Waals surface area (Å²) in [6.45, 7) is 5.34. The molecule has 0 fully saturated rings. The fraction of sp³-hybridized carbons (Fsp3) is 0.625. The highest BCUT2D eigenvalue weighted by molar-refractivity contribution is 5.17. The first-order valence-corrected chi connectivity index (χ1v) is 7.24. The van der Waals surface area contributed by atoms with Crippen LogP contribution in [0.2, 0.25) is 0 Å². The van der Waals surface area contributed by atoms with Gasteiger partial charge in [0.25, 0.3) is 0 Å². The summed E-state index contributed by atoms with van der Waals surface area (Å²) in [4.78, 5) is 0. The van der Waals surface area contributed by atoms with Crippen molar-refractivity contribution in [2.45, 2.75) is 58.4 Å². The molecule has 0 amide bonds. The van der Waals surface area contributed by atoms with Gasteiger partial charge in [-0.25, -0.2) is 4.39 Å². The van der Waals surface area contributed by atoms with Gasteiger partial charge in [0, 0.05) is 6.04 Å². The van der Waals surface area contributed by atoms with Gasteiger partial charge in [-0.15, -0.1) is 0 Å². The first-order chi connectivity index (χ1) is 8.76. The number of unbranched alkanes of at least 4 members (excludes halogenated alkanes) is 3. The minimum atomic E-state index is -0.131. The number of benzene rings is 1. The van der Waals surface area contributed by atoms with Crippen molar-refractivity contribution < 1.29 is 4.39 Å². The van der Waals surface area contributed by atoms with Crippen LogP contribution in [0.25, 0.3) is 0 Å². The molecule has 0 aromatic heterocycles. The molecule has 0 aliphatic heterocycles. The number of rotatable bonds is 9. The largest absolute Gasteiger partial charge is 0.314 e. The second kappa shape index (κ2) is 9.09. The van der Waals surface area contributed by atoms with E-state index in [4.69, 9.17) is 0 Å². The molecule has 1 nitrogen and oxygen atoms in total. The smallest absolute Gasteiger partial charge is 0.123 e. The molecule has 1 rings (SSSR count). The quantitative estimate of drug-likeness (QED) is 0.645. The molecule has 0 saturated heterocycles. The van der Waals surface area contributed by atoms with Gasteiger partial charge in [0.1, 0.15) is 5.82 Å². The van der Waals surface area contributed by atoms with Crippen LogP contribution in [-0.4, -0.2) is 12.6 Å². The first kappa shape index (κ1) is 15.2. The fourth-order valence-electron chi connectivity index (χ4n) is 2.33. The summed E-state index contributed by atoms with van der Waals surface area (Å²) < 4.78 is 13.1. The first-order valence-electron chi connectivity index (χ1n) is 7.24. The van der Waals surface area contributed by atoms with E-state index in [1.54, 1.807) is 12.1 Å². The monoisotopic (exact) mass is 251 g/mol. The zero-order valence-electron chi connectivity index (χ0n) is 11.7. The Labute approximate surface area is 111 Å². The van der Waals surface area contributed by atoms with E-state index in [0.29, 0.717) is 6.04 Å². The SMILES string of the molecule is CCCCCCC(Cc1cccc(F)c1)NCC. The van der Waals surface area contributed by atoms with E-state index in [1.807, 2.05) is 6.07 Å². The minimum Gasteiger partial charge on any atom is -0.314 e. The third-order valence-electron chi connectivity index (χ3n) is 3.27. The normalized spacial score (nSPS) is 12.6. The van der Waals surface area contributed by atoms with Crippen LogP contribution >= 0.6 is 0 Å². The van der Waals surface area contributed by atoms with Gasteiger partial charge in [0.05, 0.1) is 0 Å². The third-order valence-corrected chi connectivity index (χ3v) is 3.27. The summed E-state index contributed by atoms with van der Waals surface area (Å²) in [6.07, 6.45) is 7.28. The molecule has 0 spiro atoms. The Morgan fingerprint density at radius 3 is 2.67 bits per heavy atom. The fourth-order valence-corrected chi connectivity index (χ4v) is 2.33. The molecule has 1 aromatic rings. The molecule has 2 heteroatoms. The van der Waals surface area contributed by atoms with E-state index in [0.717, 1.165) is 18.5 Å². The minimum absolute atomic E-state index is 0.131. The molecule has 0 aliphatic rings. The van der Waals surface area contributed by atoms with Gasteiger partial charge in [0.2, 0.25) is 0 Å². The molecular formula is C16H26FN. The summed E-state index contributed by atoms with van der Waals surface area (Å²) in [5.74, 6) is -0.131. The van der Waals surface area contributed by atoms with Crippen molar-refractivity contribution in [2.75, 3.05) is 6.54 Å². The zero-order valence-corrected chi connectivity index (χ0v) is 11.7. The van der Waals surface area contributed by atoms with E-state index in [-0.39, 0.29) is 5.82 Å². The molecule has 0 aliphatic carbocycles. The van der Waals surface area contributed by atoms with Crippen LogP contribution in [0.1, 0.15) is 51.5 Å². The average molecular weight is 251 g/mol. The van der Waals surface area contributed by atoms with Gasteiger partial charge >= 0.3 is 0 Å². The van der Waals surface area contributed by atoms with Gasteiger partial charge in [-0.05, 0) is 37.1 Å². The molecule has 1 unspecified atom stereocenters. The topological polar surface area (TPSA) is 12.0 Å². The van der Waals surface area contributed by atoms with Crippen molar-refractivity contribution in [2.24, 2.45) is 0 Å². The van der Waals surface area contributed by atoms with E-state index in [9.17, 15) is 4.39 Å². The maximum absolute atomic E-state index is 13.1. The maximum Gasteiger partial charge on any atom is 0.123 e. The molecule has 0 radical (unpaired) electrons. The van der Waals surface area contributed by atoms with Crippen LogP contribution in [0.15, 0.2) is 24.3 Å². The molecule has 1 atom stereocenters. The lowest BCUT2D eigenvalue weighted by Crippen LogP contribution is -2.30. The summed E-state index contributed by atoms with van der Waals surface area (Å²) in [5.41, 5.74) is 1.09. The number of likely N-dealkylation sites (N-methyl/N-ethyl adjacent to an activating group) is 1. The zero-order chi connectivity index (χ0) is 13.2. The number of hydrogen-bond acceptors (Lipinski definition) is 1. The standard InChI is InChI=1S/C16H26FN/c1-3-5-6-7-11-16(18-4-2)13-14-9-8-10-15(17)12-14/h8-10,12,16,18H,3-7,11,13H2,1-2H3. The van der Waals surface area contributed by atoms with Crippen LogP contribution in [0.4, 0.5) is 4.39 Å². The molecule has 0 saturated carbocycles. The molecule has 18 heavy (non-hydrogen) atoms. The Balaban J connectivity index is 2.41. The van der Waals surface area contributed by atoms with Crippen LogP contribution in [-0.2, 0) is 6.42 Å². The van der Waals surface area contributed by atoms with E-state index < -0.39 is 0 Å². The predicted octanol–water partition coefficient (Wildman–Crippen LogP) is 4.32. The molecule has 0 heterocycles. The number of nitrogens with one attached hydrogen (secondary N) is 1. The molecule has 102 valence electrons. The van der Waals surface area contributed by atoms with E-state index >= 15 is 0 Å². The van der Waals surface area contributed by atoms with Crippen molar-refractivity contribution in [1.29, 1.82) is 0 Å². The Morgan fingerprint density at radius 1 is 1.17 bits per heavy atom. The molecular weight excluding hydrogens is 225 g/mol. The third kappa shape index (κ3) is 6.15. The summed E-state index contributed by atoms with van der Waals surface area (Å²) >= 11 is 0. The Hall–Kier alpha value is -0.890. The summed E-state index contributed by atoms with van der Waals surface area (Å²) in [5, 5.41) is 3.51. The highest BCUT2D eigenvalue weighted by Gasteiger charge is 2.08. The summed E-state index contributed by atoms with van der Waals surface area (Å²) in [6, 6.07) is 7.45. The van der Waals surface area contributed by atoms with Crippen molar-refractivity contribution in [3.63, 3.8) is 0 Å². The predicted molar refractivity (Wildman–Crippen MR) is 76.3 cm³/mol. The van der Waals surface area contributed by atoms with Crippen molar-refractivity contribution in [1.82, 2.24) is 5.32 Å². The van der Waals surface area contributed by atoms with Gasteiger partial charge in [0.15, 0.2) is 0 Å².